The number of sulfonamides is 1. The topological polar surface area (TPSA) is 82.1 Å². The lowest BCUT2D eigenvalue weighted by Gasteiger charge is -2.29. The van der Waals surface area contributed by atoms with Crippen molar-refractivity contribution in [1.29, 1.82) is 0 Å². The maximum Gasteiger partial charge on any atom is 0.256 e. The summed E-state index contributed by atoms with van der Waals surface area (Å²) in [6.45, 7) is 1.86. The lowest BCUT2D eigenvalue weighted by atomic mass is 10.1. The van der Waals surface area contributed by atoms with Crippen LogP contribution in [0.2, 0.25) is 0 Å². The van der Waals surface area contributed by atoms with Crippen molar-refractivity contribution in [1.82, 2.24) is 15.1 Å². The molecular weight excluding hydrogens is 352 g/mol. The van der Waals surface area contributed by atoms with E-state index in [1.165, 1.54) is 6.42 Å². The van der Waals surface area contributed by atoms with E-state index in [1.54, 1.807) is 23.3 Å². The standard InChI is InChI=1S/C15H20N4O3S.ClH/c20-15(19-6-5-12-2-3-13(10-19)16-12)11-1-4-14-17-23(21,22)8-7-18(14)9-11;/h1,4,9,12-13,16H,2-3,5-8,10H2;1H. The third-order valence-corrected chi connectivity index (χ3v) is 6.05. The number of likely N-dealkylation sites (tertiary alicyclic amines) is 1. The first-order valence-corrected chi connectivity index (χ1v) is 9.66. The highest BCUT2D eigenvalue weighted by Crippen LogP contribution is 2.23. The van der Waals surface area contributed by atoms with Crippen LogP contribution in [0, 0.1) is 0 Å². The molecule has 2 atom stereocenters. The van der Waals surface area contributed by atoms with Crippen LogP contribution < -0.4 is 5.32 Å². The summed E-state index contributed by atoms with van der Waals surface area (Å²) in [5, 5.41) is 3.57. The first-order chi connectivity index (χ1) is 11.0. The average Bonchev–Trinajstić information content (AvgIpc) is 2.84. The highest BCUT2D eigenvalue weighted by Gasteiger charge is 2.33. The first-order valence-electron chi connectivity index (χ1n) is 8.05. The molecule has 4 aliphatic heterocycles. The van der Waals surface area contributed by atoms with E-state index >= 15 is 0 Å². The Balaban J connectivity index is 0.00000169. The Kier molecular flexibility index (Phi) is 4.72. The van der Waals surface area contributed by atoms with Gasteiger partial charge in [0.15, 0.2) is 0 Å². The minimum atomic E-state index is -3.36. The monoisotopic (exact) mass is 372 g/mol. The summed E-state index contributed by atoms with van der Waals surface area (Å²) in [5.41, 5.74) is 0.598. The van der Waals surface area contributed by atoms with Crippen molar-refractivity contribution in [2.75, 3.05) is 25.4 Å². The fraction of sp³-hybridized carbons (Fsp3) is 0.600. The van der Waals surface area contributed by atoms with Crippen LogP contribution in [0.1, 0.15) is 19.3 Å². The number of rotatable bonds is 1. The molecule has 1 amide bonds. The van der Waals surface area contributed by atoms with Gasteiger partial charge < -0.3 is 15.1 Å². The first kappa shape index (κ1) is 17.4. The number of carbonyl (C=O) groups is 1. The predicted octanol–water partition coefficient (Wildman–Crippen LogP) is 0.259. The van der Waals surface area contributed by atoms with Gasteiger partial charge in [0.2, 0.25) is 0 Å². The molecule has 0 aromatic rings. The lowest BCUT2D eigenvalue weighted by molar-refractivity contribution is -0.127. The lowest BCUT2D eigenvalue weighted by Crippen LogP contribution is -2.41. The summed E-state index contributed by atoms with van der Waals surface area (Å²) in [4.78, 5) is 16.4. The quantitative estimate of drug-likeness (QED) is 0.714. The zero-order valence-corrected chi connectivity index (χ0v) is 14.9. The van der Waals surface area contributed by atoms with E-state index in [-0.39, 0.29) is 24.1 Å². The van der Waals surface area contributed by atoms with Gasteiger partial charge >= 0.3 is 0 Å². The number of carbonyl (C=O) groups excluding carboxylic acids is 1. The van der Waals surface area contributed by atoms with Crippen molar-refractivity contribution in [2.45, 2.75) is 31.3 Å². The van der Waals surface area contributed by atoms with Gasteiger partial charge in [-0.2, -0.15) is 0 Å². The molecule has 0 spiro atoms. The van der Waals surface area contributed by atoms with Gasteiger partial charge in [-0.1, -0.05) is 0 Å². The molecule has 4 rings (SSSR count). The summed E-state index contributed by atoms with van der Waals surface area (Å²) in [6, 6.07) is 0.941. The fourth-order valence-corrected chi connectivity index (χ4v) is 4.61. The molecule has 132 valence electrons. The second-order valence-electron chi connectivity index (χ2n) is 6.52. The van der Waals surface area contributed by atoms with E-state index in [0.29, 0.717) is 30.0 Å². The molecule has 2 fully saturated rings. The summed E-state index contributed by atoms with van der Waals surface area (Å²) in [5.74, 6) is 0.396. The Morgan fingerprint density at radius 1 is 1.17 bits per heavy atom. The normalized spacial score (nSPS) is 30.7. The van der Waals surface area contributed by atoms with Gasteiger partial charge in [-0.05, 0) is 31.4 Å². The SMILES string of the molecule is Cl.O=C(C1=CN2CCS(=O)(=O)N=C2C=C1)N1CCC2CCC(C1)N2. The molecule has 7 nitrogen and oxygen atoms in total. The third kappa shape index (κ3) is 3.36. The molecule has 0 aromatic heterocycles. The van der Waals surface area contributed by atoms with Gasteiger partial charge in [-0.3, -0.25) is 4.79 Å². The molecule has 1 N–H and O–H groups in total. The fourth-order valence-electron chi connectivity index (χ4n) is 3.64. The zero-order valence-electron chi connectivity index (χ0n) is 13.2. The van der Waals surface area contributed by atoms with Crippen LogP contribution >= 0.6 is 12.4 Å². The Hall–Kier alpha value is -1.38. The van der Waals surface area contributed by atoms with Gasteiger partial charge in [0.05, 0.1) is 11.3 Å². The number of hydrogen-bond acceptors (Lipinski definition) is 5. The van der Waals surface area contributed by atoms with Crippen molar-refractivity contribution in [3.63, 3.8) is 0 Å². The molecule has 9 heteroatoms. The summed E-state index contributed by atoms with van der Waals surface area (Å²) >= 11 is 0. The van der Waals surface area contributed by atoms with Crippen LogP contribution in [-0.4, -0.2) is 67.4 Å². The molecule has 0 radical (unpaired) electrons. The maximum absolute atomic E-state index is 12.8. The van der Waals surface area contributed by atoms with Crippen LogP contribution in [0.25, 0.3) is 0 Å². The van der Waals surface area contributed by atoms with Crippen molar-refractivity contribution in [3.8, 4) is 0 Å². The third-order valence-electron chi connectivity index (χ3n) is 4.88. The van der Waals surface area contributed by atoms with Crippen LogP contribution in [0.15, 0.2) is 28.3 Å². The minimum absolute atomic E-state index is 0. The molecule has 2 unspecified atom stereocenters. The smallest absolute Gasteiger partial charge is 0.256 e. The highest BCUT2D eigenvalue weighted by atomic mass is 35.5. The van der Waals surface area contributed by atoms with Crippen molar-refractivity contribution >= 4 is 34.2 Å². The second-order valence-corrected chi connectivity index (χ2v) is 8.28. The molecule has 0 aliphatic carbocycles. The van der Waals surface area contributed by atoms with E-state index in [0.717, 1.165) is 25.9 Å². The van der Waals surface area contributed by atoms with E-state index in [4.69, 9.17) is 0 Å². The Morgan fingerprint density at radius 2 is 1.96 bits per heavy atom. The van der Waals surface area contributed by atoms with Gasteiger partial charge in [-0.25, -0.2) is 8.42 Å². The molecule has 4 aliphatic rings. The van der Waals surface area contributed by atoms with E-state index < -0.39 is 10.0 Å². The van der Waals surface area contributed by atoms with Gasteiger partial charge in [0, 0.05) is 37.9 Å². The number of nitrogens with one attached hydrogen (secondary N) is 1. The Labute approximate surface area is 147 Å². The van der Waals surface area contributed by atoms with Crippen molar-refractivity contribution in [2.24, 2.45) is 4.40 Å². The zero-order chi connectivity index (χ0) is 16.0. The van der Waals surface area contributed by atoms with Crippen LogP contribution in [0.5, 0.6) is 0 Å². The van der Waals surface area contributed by atoms with Gasteiger partial charge in [0.25, 0.3) is 15.9 Å². The second kappa shape index (κ2) is 6.50. The van der Waals surface area contributed by atoms with Crippen molar-refractivity contribution in [3.05, 3.63) is 23.9 Å². The molecule has 2 saturated heterocycles. The number of nitrogens with zero attached hydrogens (tertiary/aromatic N) is 3. The van der Waals surface area contributed by atoms with E-state index in [9.17, 15) is 13.2 Å². The molecule has 0 saturated carbocycles. The Morgan fingerprint density at radius 3 is 2.79 bits per heavy atom. The number of fused-ring (bicyclic) bond motifs is 3. The molecule has 24 heavy (non-hydrogen) atoms. The van der Waals surface area contributed by atoms with Crippen LogP contribution in [0.4, 0.5) is 0 Å². The average molecular weight is 373 g/mol. The van der Waals surface area contributed by atoms with Crippen molar-refractivity contribution < 1.29 is 13.2 Å². The predicted molar refractivity (Wildman–Crippen MR) is 93.5 cm³/mol. The van der Waals surface area contributed by atoms with Crippen LogP contribution in [-0.2, 0) is 14.8 Å². The Bertz CT molecular complexity index is 731. The maximum atomic E-state index is 12.8. The summed E-state index contributed by atoms with van der Waals surface area (Å²) in [6.07, 6.45) is 8.35. The minimum Gasteiger partial charge on any atom is -0.337 e. The number of amides is 1. The number of hydrogen-bond donors (Lipinski definition) is 1. The highest BCUT2D eigenvalue weighted by molar-refractivity contribution is 7.90. The molecule has 0 aromatic carbocycles. The molecule has 4 heterocycles. The molecular formula is C15H21ClN4O3S. The molecule has 2 bridgehead atoms. The van der Waals surface area contributed by atoms with Gasteiger partial charge in [0.1, 0.15) is 5.84 Å². The number of amidine groups is 1. The van der Waals surface area contributed by atoms with E-state index in [2.05, 4.69) is 9.71 Å². The van der Waals surface area contributed by atoms with E-state index in [1.807, 2.05) is 4.90 Å². The summed E-state index contributed by atoms with van der Waals surface area (Å²) in [7, 11) is -3.36. The van der Waals surface area contributed by atoms with Gasteiger partial charge in [-0.15, -0.1) is 16.8 Å². The van der Waals surface area contributed by atoms with Crippen LogP contribution in [0.3, 0.4) is 0 Å². The summed E-state index contributed by atoms with van der Waals surface area (Å²) < 4.78 is 26.8. The number of halogens is 1. The largest absolute Gasteiger partial charge is 0.337 e.